The van der Waals surface area contributed by atoms with Gasteiger partial charge in [-0.05, 0) is 32.2 Å². The molecule has 5 heteroatoms. The highest BCUT2D eigenvalue weighted by atomic mass is 127. The number of aliphatic imine (C=N–C) groups is 1. The number of nitrogens with zero attached hydrogens (tertiary/aromatic N) is 2. The Morgan fingerprint density at radius 3 is 3.00 bits per heavy atom. The summed E-state index contributed by atoms with van der Waals surface area (Å²) < 4.78 is 0. The Labute approximate surface area is 128 Å². The fourth-order valence-corrected chi connectivity index (χ4v) is 2.79. The van der Waals surface area contributed by atoms with E-state index in [4.69, 9.17) is 0 Å². The summed E-state index contributed by atoms with van der Waals surface area (Å²) in [6.07, 6.45) is 6.62. The molecule has 2 aliphatic heterocycles. The highest BCUT2D eigenvalue weighted by Crippen LogP contribution is 2.18. The topological polar surface area (TPSA) is 39.7 Å². The molecule has 0 amide bonds. The van der Waals surface area contributed by atoms with Gasteiger partial charge < -0.3 is 10.6 Å². The molecule has 2 N–H and O–H groups in total. The van der Waals surface area contributed by atoms with Gasteiger partial charge in [0.05, 0.1) is 0 Å². The summed E-state index contributed by atoms with van der Waals surface area (Å²) in [6.45, 7) is 7.79. The van der Waals surface area contributed by atoms with Crippen LogP contribution in [0.2, 0.25) is 0 Å². The van der Waals surface area contributed by atoms with Crippen molar-refractivity contribution in [3.8, 4) is 0 Å². The van der Waals surface area contributed by atoms with Crippen LogP contribution in [0.3, 0.4) is 0 Å². The van der Waals surface area contributed by atoms with Crippen molar-refractivity contribution in [2.45, 2.75) is 45.1 Å². The molecule has 106 valence electrons. The fraction of sp³-hybridized carbons (Fsp3) is 0.923. The molecule has 2 rings (SSSR count). The first-order chi connectivity index (χ1) is 8.40. The lowest BCUT2D eigenvalue weighted by atomic mass is 10.0. The van der Waals surface area contributed by atoms with Gasteiger partial charge in [-0.15, -0.1) is 24.0 Å². The first-order valence-electron chi connectivity index (χ1n) is 7.16. The maximum Gasteiger partial charge on any atom is 0.191 e. The van der Waals surface area contributed by atoms with E-state index in [0.717, 1.165) is 44.6 Å². The van der Waals surface area contributed by atoms with Crippen molar-refractivity contribution >= 4 is 29.9 Å². The molecule has 2 aliphatic rings. The number of rotatable bonds is 4. The van der Waals surface area contributed by atoms with Crippen molar-refractivity contribution in [1.29, 1.82) is 0 Å². The Hall–Kier alpha value is -0.0400. The number of hydrogen-bond acceptors (Lipinski definition) is 4. The molecule has 0 aromatic rings. The summed E-state index contributed by atoms with van der Waals surface area (Å²) >= 11 is 0. The van der Waals surface area contributed by atoms with E-state index < -0.39 is 0 Å². The number of hydrogen-bond donors (Lipinski definition) is 2. The standard InChI is InChI=1S/C13H26N4.HI/c1-2-12-6-3-4-10-17(12)11-9-16-13-14-7-5-8-15-13;/h12H,2-11H2,1H3,(H2,14,15,16);1H. The van der Waals surface area contributed by atoms with E-state index in [9.17, 15) is 0 Å². The maximum atomic E-state index is 4.43. The van der Waals surface area contributed by atoms with Gasteiger partial charge in [0.25, 0.3) is 0 Å². The van der Waals surface area contributed by atoms with Crippen LogP contribution in [0.5, 0.6) is 0 Å². The van der Waals surface area contributed by atoms with Crippen LogP contribution in [0.25, 0.3) is 0 Å². The van der Waals surface area contributed by atoms with E-state index in [0.29, 0.717) is 0 Å². The molecule has 1 atom stereocenters. The lowest BCUT2D eigenvalue weighted by Gasteiger charge is -2.35. The van der Waals surface area contributed by atoms with Gasteiger partial charge in [0, 0.05) is 32.2 Å². The minimum absolute atomic E-state index is 0. The Balaban J connectivity index is 0.00000162. The maximum absolute atomic E-state index is 4.43. The van der Waals surface area contributed by atoms with Crippen LogP contribution in [0.1, 0.15) is 39.0 Å². The fourth-order valence-electron chi connectivity index (χ4n) is 2.79. The molecule has 0 aromatic heterocycles. The van der Waals surface area contributed by atoms with Crippen LogP contribution in [0.15, 0.2) is 4.99 Å². The molecule has 2 heterocycles. The van der Waals surface area contributed by atoms with E-state index in [1.165, 1.54) is 32.2 Å². The van der Waals surface area contributed by atoms with Gasteiger partial charge in [-0.1, -0.05) is 13.3 Å². The normalized spacial score (nSPS) is 24.7. The number of halogens is 1. The second-order valence-corrected chi connectivity index (χ2v) is 5.03. The van der Waals surface area contributed by atoms with Crippen LogP contribution in [0, 0.1) is 0 Å². The van der Waals surface area contributed by atoms with Gasteiger partial charge in [-0.3, -0.25) is 9.89 Å². The van der Waals surface area contributed by atoms with E-state index >= 15 is 0 Å². The minimum atomic E-state index is 0. The second-order valence-electron chi connectivity index (χ2n) is 5.03. The predicted octanol–water partition coefficient (Wildman–Crippen LogP) is 1.81. The van der Waals surface area contributed by atoms with Crippen molar-refractivity contribution in [2.24, 2.45) is 4.99 Å². The van der Waals surface area contributed by atoms with Crippen LogP contribution >= 0.6 is 24.0 Å². The molecule has 0 aliphatic carbocycles. The molecule has 4 nitrogen and oxygen atoms in total. The first kappa shape index (κ1) is 16.0. The van der Waals surface area contributed by atoms with Crippen LogP contribution in [-0.4, -0.2) is 49.6 Å². The molecular weight excluding hydrogens is 339 g/mol. The Morgan fingerprint density at radius 2 is 2.28 bits per heavy atom. The first-order valence-corrected chi connectivity index (χ1v) is 7.16. The van der Waals surface area contributed by atoms with Crippen LogP contribution < -0.4 is 10.6 Å². The molecule has 0 bridgehead atoms. The third-order valence-electron chi connectivity index (χ3n) is 3.81. The highest BCUT2D eigenvalue weighted by Gasteiger charge is 2.19. The Kier molecular flexibility index (Phi) is 7.97. The van der Waals surface area contributed by atoms with Crippen molar-refractivity contribution < 1.29 is 0 Å². The summed E-state index contributed by atoms with van der Waals surface area (Å²) in [6, 6.07) is 0.812. The van der Waals surface area contributed by atoms with Crippen molar-refractivity contribution in [3.63, 3.8) is 0 Å². The smallest absolute Gasteiger partial charge is 0.191 e. The second kappa shape index (κ2) is 8.96. The van der Waals surface area contributed by atoms with Crippen molar-refractivity contribution in [2.75, 3.05) is 32.7 Å². The molecule has 1 unspecified atom stereocenters. The molecule has 0 radical (unpaired) electrons. The zero-order chi connectivity index (χ0) is 11.9. The number of nitrogens with one attached hydrogen (secondary N) is 2. The van der Waals surface area contributed by atoms with Crippen molar-refractivity contribution in [3.05, 3.63) is 0 Å². The Morgan fingerprint density at radius 1 is 1.39 bits per heavy atom. The van der Waals surface area contributed by atoms with E-state index in [2.05, 4.69) is 27.4 Å². The van der Waals surface area contributed by atoms with Gasteiger partial charge in [-0.2, -0.15) is 0 Å². The predicted molar refractivity (Wildman–Crippen MR) is 87.8 cm³/mol. The number of piperidine rings is 1. The van der Waals surface area contributed by atoms with Crippen molar-refractivity contribution in [1.82, 2.24) is 15.5 Å². The van der Waals surface area contributed by atoms with Gasteiger partial charge in [0.15, 0.2) is 5.96 Å². The zero-order valence-electron chi connectivity index (χ0n) is 11.5. The van der Waals surface area contributed by atoms with Crippen LogP contribution in [0.4, 0.5) is 0 Å². The minimum Gasteiger partial charge on any atom is -0.356 e. The number of likely N-dealkylation sites (tertiary alicyclic amines) is 1. The van der Waals surface area contributed by atoms with Gasteiger partial charge in [-0.25, -0.2) is 0 Å². The summed E-state index contributed by atoms with van der Waals surface area (Å²) in [5, 5.41) is 6.71. The summed E-state index contributed by atoms with van der Waals surface area (Å²) in [5.74, 6) is 1.00. The molecule has 0 aromatic carbocycles. The quantitative estimate of drug-likeness (QED) is 0.746. The molecule has 1 saturated heterocycles. The van der Waals surface area contributed by atoms with Gasteiger partial charge in [0.1, 0.15) is 0 Å². The molecular formula is C13H27IN4. The van der Waals surface area contributed by atoms with Crippen LogP contribution in [-0.2, 0) is 0 Å². The van der Waals surface area contributed by atoms with Gasteiger partial charge in [0.2, 0.25) is 0 Å². The summed E-state index contributed by atoms with van der Waals surface area (Å²) in [4.78, 5) is 7.07. The lowest BCUT2D eigenvalue weighted by molar-refractivity contribution is 0.147. The molecule has 0 saturated carbocycles. The monoisotopic (exact) mass is 366 g/mol. The summed E-state index contributed by atoms with van der Waals surface area (Å²) in [5.41, 5.74) is 0. The largest absolute Gasteiger partial charge is 0.356 e. The van der Waals surface area contributed by atoms with E-state index in [-0.39, 0.29) is 24.0 Å². The Bertz CT molecular complexity index is 257. The van der Waals surface area contributed by atoms with Gasteiger partial charge >= 0.3 is 0 Å². The highest BCUT2D eigenvalue weighted by molar-refractivity contribution is 14.0. The summed E-state index contributed by atoms with van der Waals surface area (Å²) in [7, 11) is 0. The molecule has 1 fully saturated rings. The third kappa shape index (κ3) is 4.91. The zero-order valence-corrected chi connectivity index (χ0v) is 13.8. The average Bonchev–Trinajstić information content (AvgIpc) is 2.40. The van der Waals surface area contributed by atoms with E-state index in [1.54, 1.807) is 0 Å². The van der Waals surface area contributed by atoms with E-state index in [1.807, 2.05) is 0 Å². The third-order valence-corrected chi connectivity index (χ3v) is 3.81. The lowest BCUT2D eigenvalue weighted by Crippen LogP contribution is -2.47. The molecule has 18 heavy (non-hydrogen) atoms. The molecule has 0 spiro atoms. The average molecular weight is 366 g/mol. The number of guanidine groups is 1. The SMILES string of the molecule is CCC1CCCCN1CCNC1=NCCCN1.I.